The standard InChI is InChI=1S/C4H6N2.C2HF3O2/c5-4-1-2-6-3-4;3-2(4,5)1(6)7/h1-3,6H,5H2;(H,6,7). The van der Waals surface area contributed by atoms with Crippen LogP contribution >= 0.6 is 0 Å². The van der Waals surface area contributed by atoms with E-state index in [1.807, 2.05) is 0 Å². The number of carboxylic acid groups (broad SMARTS) is 1. The smallest absolute Gasteiger partial charge is 0.475 e. The molecule has 74 valence electrons. The van der Waals surface area contributed by atoms with Gasteiger partial charge in [0.15, 0.2) is 0 Å². The maximum Gasteiger partial charge on any atom is 0.490 e. The SMILES string of the molecule is Nc1cc[nH]c1.O=C(O)C(F)(F)F. The number of nitrogens with two attached hydrogens (primary N) is 1. The lowest BCUT2D eigenvalue weighted by molar-refractivity contribution is -0.192. The molecule has 0 bridgehead atoms. The minimum atomic E-state index is -5.08. The lowest BCUT2D eigenvalue weighted by Crippen LogP contribution is -2.21. The second-order valence-corrected chi connectivity index (χ2v) is 1.95. The van der Waals surface area contributed by atoms with Crippen LogP contribution < -0.4 is 5.73 Å². The first kappa shape index (κ1) is 11.3. The topological polar surface area (TPSA) is 79.1 Å². The Balaban J connectivity index is 0.000000223. The fourth-order valence-electron chi connectivity index (χ4n) is 0.337. The summed E-state index contributed by atoms with van der Waals surface area (Å²) in [6.07, 6.45) is -1.56. The zero-order chi connectivity index (χ0) is 10.5. The van der Waals surface area contributed by atoms with Crippen LogP contribution in [0.1, 0.15) is 0 Å². The van der Waals surface area contributed by atoms with Crippen molar-refractivity contribution in [2.45, 2.75) is 6.18 Å². The minimum Gasteiger partial charge on any atom is -0.475 e. The predicted molar refractivity (Wildman–Crippen MR) is 38.9 cm³/mol. The van der Waals surface area contributed by atoms with Gasteiger partial charge in [-0.1, -0.05) is 0 Å². The Morgan fingerprint density at radius 2 is 2.00 bits per heavy atom. The average Bonchev–Trinajstić information content (AvgIpc) is 2.38. The van der Waals surface area contributed by atoms with Crippen molar-refractivity contribution in [2.24, 2.45) is 0 Å². The Labute approximate surface area is 71.2 Å². The highest BCUT2D eigenvalue weighted by atomic mass is 19.4. The fourth-order valence-corrected chi connectivity index (χ4v) is 0.337. The summed E-state index contributed by atoms with van der Waals surface area (Å²) < 4.78 is 31.7. The molecule has 0 saturated carbocycles. The number of nitrogens with one attached hydrogen (secondary N) is 1. The molecule has 0 amide bonds. The molecule has 4 nitrogen and oxygen atoms in total. The molecule has 0 aliphatic rings. The van der Waals surface area contributed by atoms with Crippen LogP contribution in [0.5, 0.6) is 0 Å². The van der Waals surface area contributed by atoms with Crippen molar-refractivity contribution in [1.29, 1.82) is 0 Å². The number of aromatic amines is 1. The summed E-state index contributed by atoms with van der Waals surface area (Å²) in [7, 11) is 0. The van der Waals surface area contributed by atoms with Crippen LogP contribution in [0.15, 0.2) is 18.5 Å². The molecule has 1 heterocycles. The molecular weight excluding hydrogens is 189 g/mol. The van der Waals surface area contributed by atoms with Crippen molar-refractivity contribution in [1.82, 2.24) is 4.98 Å². The number of anilines is 1. The van der Waals surface area contributed by atoms with Gasteiger partial charge in [-0.25, -0.2) is 4.79 Å². The van der Waals surface area contributed by atoms with Gasteiger partial charge in [-0.3, -0.25) is 0 Å². The summed E-state index contributed by atoms with van der Waals surface area (Å²) in [5.74, 6) is -2.76. The molecule has 0 fully saturated rings. The molecule has 1 aromatic heterocycles. The second kappa shape index (κ2) is 4.39. The Morgan fingerprint density at radius 1 is 1.54 bits per heavy atom. The number of alkyl halides is 3. The number of hydrogen-bond acceptors (Lipinski definition) is 2. The van der Waals surface area contributed by atoms with Gasteiger partial charge in [0.2, 0.25) is 0 Å². The number of carboxylic acids is 1. The normalized spacial score (nSPS) is 10.1. The van der Waals surface area contributed by atoms with Gasteiger partial charge in [-0.2, -0.15) is 13.2 Å². The number of halogens is 3. The maximum atomic E-state index is 10.6. The molecule has 0 radical (unpaired) electrons. The van der Waals surface area contributed by atoms with Gasteiger partial charge in [-0.05, 0) is 6.07 Å². The van der Waals surface area contributed by atoms with E-state index in [0.29, 0.717) is 0 Å². The Bertz CT molecular complexity index is 255. The van der Waals surface area contributed by atoms with Crippen LogP contribution in [0.25, 0.3) is 0 Å². The third-order valence-electron chi connectivity index (χ3n) is 0.865. The van der Waals surface area contributed by atoms with Gasteiger partial charge in [0, 0.05) is 18.1 Å². The lowest BCUT2D eigenvalue weighted by atomic mass is 10.6. The van der Waals surface area contributed by atoms with Gasteiger partial charge in [-0.15, -0.1) is 0 Å². The van der Waals surface area contributed by atoms with E-state index in [1.54, 1.807) is 18.5 Å². The van der Waals surface area contributed by atoms with E-state index in [-0.39, 0.29) is 0 Å². The average molecular weight is 196 g/mol. The summed E-state index contributed by atoms with van der Waals surface area (Å²) in [5, 5.41) is 7.12. The van der Waals surface area contributed by atoms with E-state index in [9.17, 15) is 13.2 Å². The third-order valence-corrected chi connectivity index (χ3v) is 0.865. The molecule has 0 aliphatic carbocycles. The van der Waals surface area contributed by atoms with Gasteiger partial charge in [0.05, 0.1) is 0 Å². The zero-order valence-corrected chi connectivity index (χ0v) is 6.30. The highest BCUT2D eigenvalue weighted by molar-refractivity contribution is 5.73. The molecule has 1 aromatic rings. The van der Waals surface area contributed by atoms with Gasteiger partial charge >= 0.3 is 12.1 Å². The number of H-pyrrole nitrogens is 1. The predicted octanol–water partition coefficient (Wildman–Crippen LogP) is 1.23. The van der Waals surface area contributed by atoms with Crippen molar-refractivity contribution in [3.05, 3.63) is 18.5 Å². The molecular formula is C6H7F3N2O2. The molecule has 0 saturated heterocycles. The molecule has 4 N–H and O–H groups in total. The van der Waals surface area contributed by atoms with Crippen LogP contribution in [-0.4, -0.2) is 22.2 Å². The molecule has 0 aliphatic heterocycles. The van der Waals surface area contributed by atoms with E-state index in [4.69, 9.17) is 15.6 Å². The molecule has 0 spiro atoms. The molecule has 1 rings (SSSR count). The van der Waals surface area contributed by atoms with Crippen molar-refractivity contribution >= 4 is 11.7 Å². The minimum absolute atomic E-state index is 0.787. The molecule has 0 aromatic carbocycles. The highest BCUT2D eigenvalue weighted by Crippen LogP contribution is 2.13. The van der Waals surface area contributed by atoms with Gasteiger partial charge in [0.25, 0.3) is 0 Å². The Morgan fingerprint density at radius 3 is 2.08 bits per heavy atom. The van der Waals surface area contributed by atoms with Crippen LogP contribution in [0, 0.1) is 0 Å². The van der Waals surface area contributed by atoms with Crippen molar-refractivity contribution < 1.29 is 23.1 Å². The highest BCUT2D eigenvalue weighted by Gasteiger charge is 2.38. The fraction of sp³-hybridized carbons (Fsp3) is 0.167. The summed E-state index contributed by atoms with van der Waals surface area (Å²) in [5.41, 5.74) is 6.03. The van der Waals surface area contributed by atoms with Crippen LogP contribution in [0.2, 0.25) is 0 Å². The summed E-state index contributed by atoms with van der Waals surface area (Å²) in [4.78, 5) is 11.7. The zero-order valence-electron chi connectivity index (χ0n) is 6.30. The van der Waals surface area contributed by atoms with E-state index in [0.717, 1.165) is 5.69 Å². The third kappa shape index (κ3) is 5.59. The summed E-state index contributed by atoms with van der Waals surface area (Å²) in [6, 6.07) is 1.81. The van der Waals surface area contributed by atoms with E-state index < -0.39 is 12.1 Å². The van der Waals surface area contributed by atoms with Crippen molar-refractivity contribution in [3.8, 4) is 0 Å². The molecule has 0 atom stereocenters. The number of hydrogen-bond donors (Lipinski definition) is 3. The molecule has 13 heavy (non-hydrogen) atoms. The number of carbonyl (C=O) groups is 1. The van der Waals surface area contributed by atoms with E-state index in [1.165, 1.54) is 0 Å². The number of rotatable bonds is 0. The van der Waals surface area contributed by atoms with E-state index >= 15 is 0 Å². The molecule has 0 unspecified atom stereocenters. The Hall–Kier alpha value is -1.66. The largest absolute Gasteiger partial charge is 0.490 e. The molecule has 7 heteroatoms. The Kier molecular flexibility index (Phi) is 3.83. The van der Waals surface area contributed by atoms with Gasteiger partial charge < -0.3 is 15.8 Å². The van der Waals surface area contributed by atoms with Crippen molar-refractivity contribution in [2.75, 3.05) is 5.73 Å². The van der Waals surface area contributed by atoms with Crippen LogP contribution in [-0.2, 0) is 4.79 Å². The van der Waals surface area contributed by atoms with Crippen LogP contribution in [0.3, 0.4) is 0 Å². The van der Waals surface area contributed by atoms with Gasteiger partial charge in [0.1, 0.15) is 0 Å². The first-order valence-corrected chi connectivity index (χ1v) is 3.02. The first-order chi connectivity index (χ1) is 5.84. The lowest BCUT2D eigenvalue weighted by Gasteiger charge is -1.93. The quantitative estimate of drug-likeness (QED) is 0.583. The van der Waals surface area contributed by atoms with Crippen LogP contribution in [0.4, 0.5) is 18.9 Å². The summed E-state index contributed by atoms with van der Waals surface area (Å²) >= 11 is 0. The first-order valence-electron chi connectivity index (χ1n) is 3.02. The number of aromatic nitrogens is 1. The monoisotopic (exact) mass is 196 g/mol. The summed E-state index contributed by atoms with van der Waals surface area (Å²) in [6.45, 7) is 0. The second-order valence-electron chi connectivity index (χ2n) is 1.95. The van der Waals surface area contributed by atoms with E-state index in [2.05, 4.69) is 4.98 Å². The maximum absolute atomic E-state index is 10.6. The van der Waals surface area contributed by atoms with Crippen molar-refractivity contribution in [3.63, 3.8) is 0 Å². The number of nitrogen functional groups attached to an aromatic ring is 1. The number of aliphatic carboxylic acids is 1.